The number of ketones is 1. The second-order valence-corrected chi connectivity index (χ2v) is 5.34. The normalized spacial score (nSPS) is 17.5. The van der Waals surface area contributed by atoms with Crippen LogP contribution in [0.1, 0.15) is 30.6 Å². The number of rotatable bonds is 5. The number of carbonyl (C=O) groups excluding carboxylic acids is 2. The fraction of sp³-hybridized carbons (Fsp3) is 0.500. The molecule has 0 aromatic heterocycles. The van der Waals surface area contributed by atoms with Crippen molar-refractivity contribution < 1.29 is 14.3 Å². The average Bonchev–Trinajstić information content (AvgIpc) is 2.97. The third-order valence-corrected chi connectivity index (χ3v) is 3.69. The van der Waals surface area contributed by atoms with Crippen LogP contribution in [-0.4, -0.2) is 43.0 Å². The first-order valence-corrected chi connectivity index (χ1v) is 7.34. The lowest BCUT2D eigenvalue weighted by Crippen LogP contribution is -2.38. The minimum atomic E-state index is -0.134. The van der Waals surface area contributed by atoms with Gasteiger partial charge in [0.15, 0.2) is 5.78 Å². The molecule has 2 rings (SSSR count). The van der Waals surface area contributed by atoms with Crippen molar-refractivity contribution in [2.75, 3.05) is 31.6 Å². The zero-order valence-electron chi connectivity index (χ0n) is 12.6. The summed E-state index contributed by atoms with van der Waals surface area (Å²) in [6.45, 7) is 6.33. The topological polar surface area (TPSA) is 58.6 Å². The molecule has 114 valence electrons. The molecule has 1 heterocycles. The van der Waals surface area contributed by atoms with Gasteiger partial charge in [0, 0.05) is 36.9 Å². The molecule has 0 radical (unpaired) electrons. The molecule has 1 aliphatic rings. The number of hydrogen-bond acceptors (Lipinski definition) is 3. The Hall–Kier alpha value is -1.88. The summed E-state index contributed by atoms with van der Waals surface area (Å²) >= 11 is 0. The molecule has 1 unspecified atom stereocenters. The highest BCUT2D eigenvalue weighted by atomic mass is 16.5. The van der Waals surface area contributed by atoms with Gasteiger partial charge in [-0.25, -0.2) is 4.79 Å². The molecule has 0 bridgehead atoms. The number of urea groups is 1. The largest absolute Gasteiger partial charge is 0.381 e. The predicted octanol–water partition coefficient (Wildman–Crippen LogP) is 2.78. The van der Waals surface area contributed by atoms with E-state index >= 15 is 0 Å². The fourth-order valence-corrected chi connectivity index (χ4v) is 2.41. The van der Waals surface area contributed by atoms with E-state index in [-0.39, 0.29) is 11.8 Å². The molecule has 1 aliphatic heterocycles. The number of ether oxygens (including phenoxy) is 1. The van der Waals surface area contributed by atoms with Gasteiger partial charge in [-0.1, -0.05) is 12.1 Å². The molecule has 1 fully saturated rings. The van der Waals surface area contributed by atoms with E-state index in [0.717, 1.165) is 19.6 Å². The van der Waals surface area contributed by atoms with Crippen molar-refractivity contribution in [3.8, 4) is 0 Å². The first kappa shape index (κ1) is 15.5. The summed E-state index contributed by atoms with van der Waals surface area (Å²) in [5, 5.41) is 2.86. The van der Waals surface area contributed by atoms with Crippen LogP contribution in [0.15, 0.2) is 24.3 Å². The van der Waals surface area contributed by atoms with Crippen LogP contribution >= 0.6 is 0 Å². The standard InChI is InChI=1S/C16H22N2O3/c1-3-18(10-13-7-8-21-11-13)16(20)17-15-6-4-5-14(9-15)12(2)19/h4-6,9,13H,3,7-8,10-11H2,1-2H3,(H,17,20). The molecule has 1 aromatic rings. The number of carbonyl (C=O) groups is 2. The van der Waals surface area contributed by atoms with E-state index in [1.54, 1.807) is 29.2 Å². The van der Waals surface area contributed by atoms with E-state index in [2.05, 4.69) is 5.32 Å². The van der Waals surface area contributed by atoms with E-state index < -0.39 is 0 Å². The summed E-state index contributed by atoms with van der Waals surface area (Å²) in [6, 6.07) is 6.87. The number of nitrogens with zero attached hydrogens (tertiary/aromatic N) is 1. The molecule has 0 aliphatic carbocycles. The number of anilines is 1. The van der Waals surface area contributed by atoms with Crippen LogP contribution in [0.3, 0.4) is 0 Å². The van der Waals surface area contributed by atoms with E-state index in [0.29, 0.717) is 30.3 Å². The Balaban J connectivity index is 1.98. The summed E-state index contributed by atoms with van der Waals surface area (Å²) in [5.41, 5.74) is 1.24. The second kappa shape index (κ2) is 7.22. The first-order chi connectivity index (χ1) is 10.1. The van der Waals surface area contributed by atoms with Crippen LogP contribution in [0.25, 0.3) is 0 Å². The third kappa shape index (κ3) is 4.29. The number of hydrogen-bond donors (Lipinski definition) is 1. The van der Waals surface area contributed by atoms with Crippen LogP contribution in [0.5, 0.6) is 0 Å². The Morgan fingerprint density at radius 1 is 1.43 bits per heavy atom. The lowest BCUT2D eigenvalue weighted by Gasteiger charge is -2.24. The SMILES string of the molecule is CCN(CC1CCOC1)C(=O)Nc1cccc(C(C)=O)c1. The van der Waals surface area contributed by atoms with Crippen LogP contribution < -0.4 is 5.32 Å². The summed E-state index contributed by atoms with van der Waals surface area (Å²) in [5.74, 6) is 0.404. The minimum absolute atomic E-state index is 0.0125. The average molecular weight is 290 g/mol. The molecule has 5 nitrogen and oxygen atoms in total. The maximum Gasteiger partial charge on any atom is 0.321 e. The van der Waals surface area contributed by atoms with Crippen molar-refractivity contribution in [2.45, 2.75) is 20.3 Å². The fourth-order valence-electron chi connectivity index (χ4n) is 2.41. The Kier molecular flexibility index (Phi) is 5.33. The van der Waals surface area contributed by atoms with Gasteiger partial charge in [0.2, 0.25) is 0 Å². The molecule has 0 spiro atoms. The molecule has 1 atom stereocenters. The predicted molar refractivity (Wildman–Crippen MR) is 81.6 cm³/mol. The van der Waals surface area contributed by atoms with E-state index in [9.17, 15) is 9.59 Å². The van der Waals surface area contributed by atoms with E-state index in [1.165, 1.54) is 6.92 Å². The Morgan fingerprint density at radius 2 is 2.24 bits per heavy atom. The molecular formula is C16H22N2O3. The highest BCUT2D eigenvalue weighted by Crippen LogP contribution is 2.16. The molecular weight excluding hydrogens is 268 g/mol. The van der Waals surface area contributed by atoms with Gasteiger partial charge in [-0.2, -0.15) is 0 Å². The van der Waals surface area contributed by atoms with Gasteiger partial charge < -0.3 is 15.0 Å². The number of Topliss-reactive ketones (excluding diaryl/α,β-unsaturated/α-hetero) is 1. The van der Waals surface area contributed by atoms with Crippen molar-refractivity contribution in [1.29, 1.82) is 0 Å². The van der Waals surface area contributed by atoms with Gasteiger partial charge in [-0.15, -0.1) is 0 Å². The molecule has 1 saturated heterocycles. The summed E-state index contributed by atoms with van der Waals surface area (Å²) in [6.07, 6.45) is 1.00. The Bertz CT molecular complexity index is 510. The van der Waals surface area contributed by atoms with Gasteiger partial charge in [-0.05, 0) is 32.4 Å². The molecule has 1 aromatic carbocycles. The van der Waals surface area contributed by atoms with E-state index in [4.69, 9.17) is 4.74 Å². The van der Waals surface area contributed by atoms with Crippen LogP contribution in [-0.2, 0) is 4.74 Å². The molecule has 2 amide bonds. The minimum Gasteiger partial charge on any atom is -0.381 e. The highest BCUT2D eigenvalue weighted by Gasteiger charge is 2.21. The van der Waals surface area contributed by atoms with Gasteiger partial charge in [0.05, 0.1) is 6.61 Å². The lowest BCUT2D eigenvalue weighted by atomic mass is 10.1. The summed E-state index contributed by atoms with van der Waals surface area (Å²) in [4.78, 5) is 25.4. The maximum atomic E-state index is 12.3. The van der Waals surface area contributed by atoms with Gasteiger partial charge in [0.25, 0.3) is 0 Å². The van der Waals surface area contributed by atoms with Crippen LogP contribution in [0, 0.1) is 5.92 Å². The van der Waals surface area contributed by atoms with Crippen molar-refractivity contribution in [3.63, 3.8) is 0 Å². The van der Waals surface area contributed by atoms with E-state index in [1.807, 2.05) is 6.92 Å². The van der Waals surface area contributed by atoms with Gasteiger partial charge in [0.1, 0.15) is 0 Å². The first-order valence-electron chi connectivity index (χ1n) is 7.34. The number of benzene rings is 1. The molecule has 0 saturated carbocycles. The molecule has 5 heteroatoms. The highest BCUT2D eigenvalue weighted by molar-refractivity contribution is 5.96. The molecule has 21 heavy (non-hydrogen) atoms. The zero-order chi connectivity index (χ0) is 15.2. The summed E-state index contributed by atoms with van der Waals surface area (Å²) in [7, 11) is 0. The summed E-state index contributed by atoms with van der Waals surface area (Å²) < 4.78 is 5.35. The Morgan fingerprint density at radius 3 is 2.86 bits per heavy atom. The van der Waals surface area contributed by atoms with Gasteiger partial charge >= 0.3 is 6.03 Å². The third-order valence-electron chi connectivity index (χ3n) is 3.69. The Labute approximate surface area is 125 Å². The van der Waals surface area contributed by atoms with Crippen LogP contribution in [0.4, 0.5) is 10.5 Å². The zero-order valence-corrected chi connectivity index (χ0v) is 12.6. The lowest BCUT2D eigenvalue weighted by molar-refractivity contribution is 0.101. The molecule has 1 N–H and O–H groups in total. The quantitative estimate of drug-likeness (QED) is 0.848. The van der Waals surface area contributed by atoms with Crippen molar-refractivity contribution in [3.05, 3.63) is 29.8 Å². The number of amides is 2. The smallest absolute Gasteiger partial charge is 0.321 e. The van der Waals surface area contributed by atoms with Gasteiger partial charge in [-0.3, -0.25) is 4.79 Å². The monoisotopic (exact) mass is 290 g/mol. The van der Waals surface area contributed by atoms with Crippen molar-refractivity contribution >= 4 is 17.5 Å². The maximum absolute atomic E-state index is 12.3. The number of nitrogens with one attached hydrogen (secondary N) is 1. The van der Waals surface area contributed by atoms with Crippen molar-refractivity contribution in [1.82, 2.24) is 4.90 Å². The van der Waals surface area contributed by atoms with Crippen molar-refractivity contribution in [2.24, 2.45) is 5.92 Å². The second-order valence-electron chi connectivity index (χ2n) is 5.34. The van der Waals surface area contributed by atoms with Crippen LogP contribution in [0.2, 0.25) is 0 Å².